The van der Waals surface area contributed by atoms with Gasteiger partial charge in [-0.2, -0.15) is 5.26 Å². The van der Waals surface area contributed by atoms with Crippen molar-refractivity contribution < 1.29 is 5.11 Å². The van der Waals surface area contributed by atoms with Gasteiger partial charge in [0, 0.05) is 39.3 Å². The fourth-order valence-electron chi connectivity index (χ4n) is 3.19. The van der Waals surface area contributed by atoms with Crippen LogP contribution < -0.4 is 0 Å². The normalized spacial score (nSPS) is 17.2. The molecule has 0 aliphatic carbocycles. The van der Waals surface area contributed by atoms with E-state index in [4.69, 9.17) is 5.26 Å². The van der Waals surface area contributed by atoms with Crippen LogP contribution in [-0.4, -0.2) is 54.2 Å². The summed E-state index contributed by atoms with van der Waals surface area (Å²) in [5, 5.41) is 19.3. The molecule has 1 aliphatic rings. The zero-order valence-electron chi connectivity index (χ0n) is 15.0. The van der Waals surface area contributed by atoms with Crippen LogP contribution in [0.1, 0.15) is 22.8 Å². The molecule has 0 aromatic heterocycles. The minimum atomic E-state index is -0.507. The van der Waals surface area contributed by atoms with Crippen LogP contribution in [-0.2, 0) is 0 Å². The molecule has 26 heavy (non-hydrogen) atoms. The number of aliphatic hydroxyl groups excluding tert-OH is 1. The highest BCUT2D eigenvalue weighted by molar-refractivity contribution is 5.48. The van der Waals surface area contributed by atoms with Crippen LogP contribution in [0, 0.1) is 11.3 Å². The maximum Gasteiger partial charge on any atom is 0.0991 e. The number of rotatable bonds is 6. The first-order valence-corrected chi connectivity index (χ1v) is 9.09. The first-order valence-electron chi connectivity index (χ1n) is 9.09. The van der Waals surface area contributed by atoms with Crippen LogP contribution in [0.3, 0.4) is 0 Å². The maximum absolute atomic E-state index is 10.4. The zero-order chi connectivity index (χ0) is 18.2. The van der Waals surface area contributed by atoms with Crippen LogP contribution in [0.4, 0.5) is 0 Å². The van der Waals surface area contributed by atoms with E-state index in [9.17, 15) is 5.11 Å². The van der Waals surface area contributed by atoms with Crippen LogP contribution in [0.5, 0.6) is 0 Å². The Hall–Kier alpha value is -2.45. The lowest BCUT2D eigenvalue weighted by molar-refractivity contribution is 0.0764. The van der Waals surface area contributed by atoms with Crippen molar-refractivity contribution in [2.75, 3.05) is 39.3 Å². The molecule has 1 atom stereocenters. The third kappa shape index (κ3) is 5.27. The molecule has 0 bridgehead atoms. The molecule has 1 aliphatic heterocycles. The summed E-state index contributed by atoms with van der Waals surface area (Å²) in [7, 11) is 0. The summed E-state index contributed by atoms with van der Waals surface area (Å²) in [6.45, 7) is 5.55. The molecule has 3 rings (SSSR count). The Morgan fingerprint density at radius 2 is 1.62 bits per heavy atom. The van der Waals surface area contributed by atoms with E-state index in [1.165, 1.54) is 5.56 Å². The molecule has 134 valence electrons. The van der Waals surface area contributed by atoms with Gasteiger partial charge in [-0.05, 0) is 23.3 Å². The molecule has 4 heteroatoms. The van der Waals surface area contributed by atoms with Crippen molar-refractivity contribution in [3.63, 3.8) is 0 Å². The summed E-state index contributed by atoms with van der Waals surface area (Å²) >= 11 is 0. The molecule has 1 heterocycles. The second-order valence-corrected chi connectivity index (χ2v) is 6.66. The Kier molecular flexibility index (Phi) is 6.56. The number of β-amino-alcohol motifs (C(OH)–C–C–N with tert-alkyl or cyclic N) is 1. The third-order valence-electron chi connectivity index (χ3n) is 4.79. The van der Waals surface area contributed by atoms with Crippen LogP contribution in [0.2, 0.25) is 0 Å². The fraction of sp³-hybridized carbons (Fsp3) is 0.318. The lowest BCUT2D eigenvalue weighted by Gasteiger charge is -2.35. The molecule has 4 nitrogen and oxygen atoms in total. The number of nitriles is 1. The van der Waals surface area contributed by atoms with E-state index in [1.807, 2.05) is 18.2 Å². The van der Waals surface area contributed by atoms with E-state index in [0.29, 0.717) is 12.1 Å². The Morgan fingerprint density at radius 1 is 0.962 bits per heavy atom. The fourth-order valence-corrected chi connectivity index (χ4v) is 3.19. The highest BCUT2D eigenvalue weighted by atomic mass is 16.3. The molecule has 1 unspecified atom stereocenters. The molecule has 1 saturated heterocycles. The molecular formula is C22H25N3O. The molecule has 2 aromatic carbocycles. The Labute approximate surface area is 155 Å². The first-order chi connectivity index (χ1) is 12.7. The van der Waals surface area contributed by atoms with Gasteiger partial charge in [0.05, 0.1) is 17.7 Å². The summed E-state index contributed by atoms with van der Waals surface area (Å²) in [4.78, 5) is 4.74. The lowest BCUT2D eigenvalue weighted by Crippen LogP contribution is -2.47. The predicted molar refractivity (Wildman–Crippen MR) is 104 cm³/mol. The van der Waals surface area contributed by atoms with Gasteiger partial charge >= 0.3 is 0 Å². The topological polar surface area (TPSA) is 50.5 Å². The van der Waals surface area contributed by atoms with E-state index >= 15 is 0 Å². The van der Waals surface area contributed by atoms with Crippen LogP contribution in [0.15, 0.2) is 60.7 Å². The second-order valence-electron chi connectivity index (χ2n) is 6.66. The van der Waals surface area contributed by atoms with Gasteiger partial charge in [-0.15, -0.1) is 0 Å². The maximum atomic E-state index is 10.4. The van der Waals surface area contributed by atoms with Crippen molar-refractivity contribution in [2.24, 2.45) is 0 Å². The molecule has 1 fully saturated rings. The largest absolute Gasteiger partial charge is 0.387 e. The average molecular weight is 347 g/mol. The number of hydrogen-bond acceptors (Lipinski definition) is 4. The van der Waals surface area contributed by atoms with Crippen molar-refractivity contribution in [3.05, 3.63) is 77.4 Å². The van der Waals surface area contributed by atoms with Gasteiger partial charge < -0.3 is 5.11 Å². The summed E-state index contributed by atoms with van der Waals surface area (Å²) in [5.41, 5.74) is 2.73. The standard InChI is InChI=1S/C22H25N3O/c23-17-20-8-10-21(11-9-20)22(26)18-25-15-13-24(14-16-25)12-4-7-19-5-2-1-3-6-19/h1-11,22,26H,12-16,18H2/b7-4+. The van der Waals surface area contributed by atoms with Crippen molar-refractivity contribution in [1.29, 1.82) is 5.26 Å². The van der Waals surface area contributed by atoms with Gasteiger partial charge in [-0.25, -0.2) is 0 Å². The summed E-state index contributed by atoms with van der Waals surface area (Å²) < 4.78 is 0. The van der Waals surface area contributed by atoms with Crippen LogP contribution in [0.25, 0.3) is 6.08 Å². The molecule has 0 amide bonds. The number of aliphatic hydroxyl groups is 1. The van der Waals surface area contributed by atoms with Gasteiger partial charge in [-0.1, -0.05) is 54.6 Å². The number of piperazine rings is 1. The van der Waals surface area contributed by atoms with E-state index in [1.54, 1.807) is 12.1 Å². The molecular weight excluding hydrogens is 322 g/mol. The second kappa shape index (κ2) is 9.30. The highest BCUT2D eigenvalue weighted by Crippen LogP contribution is 2.16. The Bertz CT molecular complexity index is 741. The molecule has 0 spiro atoms. The van der Waals surface area contributed by atoms with Crippen molar-refractivity contribution >= 4 is 6.08 Å². The zero-order valence-corrected chi connectivity index (χ0v) is 15.0. The SMILES string of the molecule is N#Cc1ccc(C(O)CN2CCN(C/C=C/c3ccccc3)CC2)cc1. The number of nitrogens with zero attached hydrogens (tertiary/aromatic N) is 3. The van der Waals surface area contributed by atoms with Crippen molar-refractivity contribution in [1.82, 2.24) is 9.80 Å². The summed E-state index contributed by atoms with van der Waals surface area (Å²) in [6.07, 6.45) is 3.88. The molecule has 0 saturated carbocycles. The molecule has 0 radical (unpaired) electrons. The molecule has 2 aromatic rings. The highest BCUT2D eigenvalue weighted by Gasteiger charge is 2.19. The van der Waals surface area contributed by atoms with Crippen molar-refractivity contribution in [3.8, 4) is 6.07 Å². The summed E-state index contributed by atoms with van der Waals surface area (Å²) in [5.74, 6) is 0. The predicted octanol–water partition coefficient (Wildman–Crippen LogP) is 2.92. The minimum Gasteiger partial charge on any atom is -0.387 e. The Balaban J connectivity index is 1.42. The van der Waals surface area contributed by atoms with Gasteiger partial charge in [0.15, 0.2) is 0 Å². The number of hydrogen-bond donors (Lipinski definition) is 1. The first kappa shape index (κ1) is 18.3. The smallest absolute Gasteiger partial charge is 0.0991 e. The Morgan fingerprint density at radius 3 is 2.27 bits per heavy atom. The lowest BCUT2D eigenvalue weighted by atomic mass is 10.1. The van der Waals surface area contributed by atoms with Crippen molar-refractivity contribution in [2.45, 2.75) is 6.10 Å². The van der Waals surface area contributed by atoms with Gasteiger partial charge in [0.25, 0.3) is 0 Å². The molecule has 1 N–H and O–H groups in total. The third-order valence-corrected chi connectivity index (χ3v) is 4.79. The van der Waals surface area contributed by atoms with E-state index < -0.39 is 6.10 Å². The van der Waals surface area contributed by atoms with Gasteiger partial charge in [0.2, 0.25) is 0 Å². The van der Waals surface area contributed by atoms with Crippen LogP contribution >= 0.6 is 0 Å². The van der Waals surface area contributed by atoms with E-state index in [2.05, 4.69) is 52.3 Å². The quantitative estimate of drug-likeness (QED) is 0.873. The average Bonchev–Trinajstić information content (AvgIpc) is 2.70. The van der Waals surface area contributed by atoms with Gasteiger partial charge in [-0.3, -0.25) is 9.80 Å². The van der Waals surface area contributed by atoms with Gasteiger partial charge in [0.1, 0.15) is 0 Å². The monoisotopic (exact) mass is 347 g/mol. The summed E-state index contributed by atoms with van der Waals surface area (Å²) in [6, 6.07) is 19.7. The number of benzene rings is 2. The minimum absolute atomic E-state index is 0.507. The van der Waals surface area contributed by atoms with E-state index in [0.717, 1.165) is 38.3 Å². The van der Waals surface area contributed by atoms with E-state index in [-0.39, 0.29) is 0 Å².